The number of nitrogens with one attached hydrogen (secondary N) is 1. The summed E-state index contributed by atoms with van der Waals surface area (Å²) in [6, 6.07) is 11.9. The number of carbonyl (C=O) groups is 1. The minimum Gasteiger partial charge on any atom is -0.321 e. The largest absolute Gasteiger partial charge is 0.321 e. The van der Waals surface area contributed by atoms with Crippen LogP contribution in [0.25, 0.3) is 6.08 Å². The zero-order valence-electron chi connectivity index (χ0n) is 14.2. The second-order valence-corrected chi connectivity index (χ2v) is 7.02. The molecule has 0 fully saturated rings. The predicted octanol–water partition coefficient (Wildman–Crippen LogP) is 5.20. The first-order chi connectivity index (χ1) is 11.7. The lowest BCUT2D eigenvalue weighted by molar-refractivity contribution is -0.384. The van der Waals surface area contributed by atoms with Crippen LogP contribution in [0.5, 0.6) is 0 Å². The maximum Gasteiger partial charge on any atom is 0.271 e. The molecule has 130 valence electrons. The third-order valence-corrected chi connectivity index (χ3v) is 3.94. The molecule has 0 saturated carbocycles. The smallest absolute Gasteiger partial charge is 0.271 e. The van der Waals surface area contributed by atoms with Gasteiger partial charge in [-0.3, -0.25) is 14.9 Å². The van der Waals surface area contributed by atoms with Gasteiger partial charge in [-0.15, -0.1) is 0 Å². The number of nitrogens with zero attached hydrogens (tertiary/aromatic N) is 1. The molecule has 0 radical (unpaired) electrons. The number of nitro benzene ring substituents is 1. The van der Waals surface area contributed by atoms with Gasteiger partial charge in [0.1, 0.15) is 0 Å². The summed E-state index contributed by atoms with van der Waals surface area (Å²) in [6.45, 7) is 6.41. The van der Waals surface area contributed by atoms with E-state index in [1.807, 2.05) is 24.3 Å². The lowest BCUT2D eigenvalue weighted by Crippen LogP contribution is -2.10. The van der Waals surface area contributed by atoms with Crippen molar-refractivity contribution in [2.45, 2.75) is 26.2 Å². The maximum atomic E-state index is 12.0. The molecule has 2 aromatic rings. The van der Waals surface area contributed by atoms with Gasteiger partial charge in [-0.05, 0) is 28.7 Å². The topological polar surface area (TPSA) is 72.2 Å². The summed E-state index contributed by atoms with van der Waals surface area (Å²) in [4.78, 5) is 22.1. The zero-order valence-corrected chi connectivity index (χ0v) is 15.0. The highest BCUT2D eigenvalue weighted by molar-refractivity contribution is 6.34. The second kappa shape index (κ2) is 7.49. The van der Waals surface area contributed by atoms with Crippen molar-refractivity contribution in [2.75, 3.05) is 5.32 Å². The highest BCUT2D eigenvalue weighted by Gasteiger charge is 2.13. The van der Waals surface area contributed by atoms with Crippen LogP contribution in [0, 0.1) is 10.1 Å². The van der Waals surface area contributed by atoms with E-state index in [4.69, 9.17) is 11.6 Å². The maximum absolute atomic E-state index is 12.0. The van der Waals surface area contributed by atoms with Crippen molar-refractivity contribution < 1.29 is 9.72 Å². The number of nitro groups is 1. The number of halogens is 1. The Balaban J connectivity index is 2.05. The highest BCUT2D eigenvalue weighted by Crippen LogP contribution is 2.26. The molecule has 1 N–H and O–H groups in total. The molecule has 0 heterocycles. The average Bonchev–Trinajstić information content (AvgIpc) is 2.54. The van der Waals surface area contributed by atoms with E-state index >= 15 is 0 Å². The van der Waals surface area contributed by atoms with Crippen LogP contribution in [-0.2, 0) is 10.2 Å². The summed E-state index contributed by atoms with van der Waals surface area (Å²) >= 11 is 5.95. The van der Waals surface area contributed by atoms with Gasteiger partial charge in [0.25, 0.3) is 5.69 Å². The molecule has 0 atom stereocenters. The summed E-state index contributed by atoms with van der Waals surface area (Å²) in [7, 11) is 0. The van der Waals surface area contributed by atoms with E-state index in [9.17, 15) is 14.9 Å². The first kappa shape index (κ1) is 18.7. The van der Waals surface area contributed by atoms with Crippen molar-refractivity contribution in [3.8, 4) is 0 Å². The van der Waals surface area contributed by atoms with Gasteiger partial charge in [-0.25, -0.2) is 0 Å². The molecule has 0 spiro atoms. The van der Waals surface area contributed by atoms with E-state index in [2.05, 4.69) is 26.1 Å². The van der Waals surface area contributed by atoms with Crippen molar-refractivity contribution >= 4 is 35.0 Å². The van der Waals surface area contributed by atoms with Gasteiger partial charge in [0, 0.05) is 18.2 Å². The van der Waals surface area contributed by atoms with Crippen LogP contribution in [0.2, 0.25) is 5.02 Å². The summed E-state index contributed by atoms with van der Waals surface area (Å²) < 4.78 is 0. The Hall–Kier alpha value is -2.66. The lowest BCUT2D eigenvalue weighted by Gasteiger charge is -2.18. The predicted molar refractivity (Wildman–Crippen MR) is 101 cm³/mol. The van der Waals surface area contributed by atoms with Crippen LogP contribution in [0.1, 0.15) is 31.9 Å². The van der Waals surface area contributed by atoms with Gasteiger partial charge in [0.2, 0.25) is 5.91 Å². The van der Waals surface area contributed by atoms with E-state index in [0.29, 0.717) is 5.69 Å². The Bertz CT molecular complexity index is 822. The van der Waals surface area contributed by atoms with Crippen molar-refractivity contribution in [1.82, 2.24) is 0 Å². The molecule has 2 rings (SSSR count). The van der Waals surface area contributed by atoms with Gasteiger partial charge >= 0.3 is 0 Å². The number of non-ortho nitro benzene ring substituents is 1. The van der Waals surface area contributed by atoms with E-state index in [1.165, 1.54) is 29.8 Å². The molecule has 0 aliphatic rings. The molecule has 2 aromatic carbocycles. The first-order valence-electron chi connectivity index (χ1n) is 7.70. The molecule has 0 aliphatic carbocycles. The van der Waals surface area contributed by atoms with Crippen molar-refractivity contribution in [1.29, 1.82) is 0 Å². The third kappa shape index (κ3) is 5.16. The minimum absolute atomic E-state index is 0.0757. The zero-order chi connectivity index (χ0) is 18.6. The van der Waals surface area contributed by atoms with Crippen LogP contribution < -0.4 is 5.32 Å². The second-order valence-electron chi connectivity index (χ2n) is 6.62. The van der Waals surface area contributed by atoms with E-state index < -0.39 is 4.92 Å². The molecule has 5 nitrogen and oxygen atoms in total. The standard InChI is InChI=1S/C19H19ClN2O3/c1-19(2,3)14-7-4-13(5-8-14)6-11-18(23)21-17-10-9-15(22(24)25)12-16(17)20/h4-12H,1-3H3,(H,21,23)/b11-6+. The van der Waals surface area contributed by atoms with Crippen molar-refractivity contribution in [3.63, 3.8) is 0 Å². The Morgan fingerprint density at radius 3 is 2.32 bits per heavy atom. The van der Waals surface area contributed by atoms with E-state index in [0.717, 1.165) is 5.56 Å². The fraction of sp³-hybridized carbons (Fsp3) is 0.211. The Morgan fingerprint density at radius 2 is 1.80 bits per heavy atom. The number of carbonyl (C=O) groups excluding carboxylic acids is 1. The quantitative estimate of drug-likeness (QED) is 0.464. The van der Waals surface area contributed by atoms with Gasteiger partial charge in [-0.2, -0.15) is 0 Å². The van der Waals surface area contributed by atoms with Crippen LogP contribution in [0.3, 0.4) is 0 Å². The van der Waals surface area contributed by atoms with Gasteiger partial charge in [0.05, 0.1) is 15.6 Å². The minimum atomic E-state index is -0.543. The molecule has 0 unspecified atom stereocenters. The third-order valence-electron chi connectivity index (χ3n) is 3.63. The average molecular weight is 359 g/mol. The fourth-order valence-electron chi connectivity index (χ4n) is 2.16. The SMILES string of the molecule is CC(C)(C)c1ccc(/C=C/C(=O)Nc2ccc([N+](=O)[O-])cc2Cl)cc1. The fourth-order valence-corrected chi connectivity index (χ4v) is 2.38. The number of benzene rings is 2. The number of hydrogen-bond donors (Lipinski definition) is 1. The number of hydrogen-bond acceptors (Lipinski definition) is 3. The molecule has 25 heavy (non-hydrogen) atoms. The molecule has 0 aromatic heterocycles. The van der Waals surface area contributed by atoms with E-state index in [-0.39, 0.29) is 22.0 Å². The van der Waals surface area contributed by atoms with Gasteiger partial charge in [-0.1, -0.05) is 56.6 Å². The van der Waals surface area contributed by atoms with Crippen LogP contribution in [0.15, 0.2) is 48.5 Å². The number of amides is 1. The molecule has 0 aliphatic heterocycles. The first-order valence-corrected chi connectivity index (χ1v) is 8.08. The van der Waals surface area contributed by atoms with Crippen molar-refractivity contribution in [3.05, 3.63) is 74.8 Å². The number of anilines is 1. The van der Waals surface area contributed by atoms with Gasteiger partial charge in [0.15, 0.2) is 0 Å². The monoisotopic (exact) mass is 358 g/mol. The molecule has 0 bridgehead atoms. The lowest BCUT2D eigenvalue weighted by atomic mass is 9.87. The summed E-state index contributed by atoms with van der Waals surface area (Å²) in [5, 5.41) is 13.4. The van der Waals surface area contributed by atoms with Gasteiger partial charge < -0.3 is 5.32 Å². The highest BCUT2D eigenvalue weighted by atomic mass is 35.5. The van der Waals surface area contributed by atoms with Crippen LogP contribution >= 0.6 is 11.6 Å². The Labute approximate surface area is 151 Å². The summed E-state index contributed by atoms with van der Waals surface area (Å²) in [5.41, 5.74) is 2.39. The Morgan fingerprint density at radius 1 is 1.16 bits per heavy atom. The molecular formula is C19H19ClN2O3. The van der Waals surface area contributed by atoms with Crippen LogP contribution in [-0.4, -0.2) is 10.8 Å². The van der Waals surface area contributed by atoms with Crippen LogP contribution in [0.4, 0.5) is 11.4 Å². The summed E-state index contributed by atoms with van der Waals surface area (Å²) in [5.74, 6) is -0.365. The molecule has 6 heteroatoms. The molecule has 1 amide bonds. The summed E-state index contributed by atoms with van der Waals surface area (Å²) in [6.07, 6.45) is 3.09. The van der Waals surface area contributed by atoms with Crippen molar-refractivity contribution in [2.24, 2.45) is 0 Å². The number of rotatable bonds is 4. The molecule has 0 saturated heterocycles. The van der Waals surface area contributed by atoms with E-state index in [1.54, 1.807) is 6.08 Å². The molecular weight excluding hydrogens is 340 g/mol. The normalized spacial score (nSPS) is 11.5. The Kier molecular flexibility index (Phi) is 5.59.